The first-order chi connectivity index (χ1) is 26.3. The van der Waals surface area contributed by atoms with Crippen LogP contribution in [-0.2, 0) is 0 Å². The fourth-order valence-electron chi connectivity index (χ4n) is 7.89. The number of furan rings is 1. The molecule has 3 aromatic heterocycles. The third-order valence-electron chi connectivity index (χ3n) is 10.3. The minimum absolute atomic E-state index is 0.525. The van der Waals surface area contributed by atoms with Crippen LogP contribution in [0.25, 0.3) is 111 Å². The quantitative estimate of drug-likeness (QED) is 0.174. The molecule has 0 atom stereocenters. The topological polar surface area (TPSA) is 64.7 Å². The maximum absolute atomic E-state index is 6.26. The summed E-state index contributed by atoms with van der Waals surface area (Å²) in [5, 5.41) is 10.3. The van der Waals surface area contributed by atoms with Crippen molar-refractivity contribution < 1.29 is 4.42 Å². The standard InChI is InChI=1S/C48H28N4O/c1-2-12-31(13-3-1)46-50-47(52-48(51-46)41-28-26-38-40(49-41)27-23-30-22-21-29-11-4-5-14-32(29)44(30)38)37-25-24-35(33-15-6-7-16-34(33)37)36-18-10-20-43-45(36)39-17-8-9-19-42(39)53-43/h1-28H. The number of benzene rings is 8. The van der Waals surface area contributed by atoms with Crippen LogP contribution in [0.3, 0.4) is 0 Å². The highest BCUT2D eigenvalue weighted by atomic mass is 16.3. The van der Waals surface area contributed by atoms with Crippen molar-refractivity contribution in [1.82, 2.24) is 19.9 Å². The van der Waals surface area contributed by atoms with Gasteiger partial charge in [-0.05, 0) is 79.8 Å². The fourth-order valence-corrected chi connectivity index (χ4v) is 7.89. The number of para-hydroxylation sites is 1. The van der Waals surface area contributed by atoms with Gasteiger partial charge in [-0.3, -0.25) is 0 Å². The first-order valence-corrected chi connectivity index (χ1v) is 17.7. The average Bonchev–Trinajstić information content (AvgIpc) is 3.62. The lowest BCUT2D eigenvalue weighted by atomic mass is 9.92. The zero-order valence-electron chi connectivity index (χ0n) is 28.4. The number of nitrogens with zero attached hydrogens (tertiary/aromatic N) is 4. The third-order valence-corrected chi connectivity index (χ3v) is 10.3. The summed E-state index contributed by atoms with van der Waals surface area (Å²) in [6.45, 7) is 0. The molecule has 53 heavy (non-hydrogen) atoms. The van der Waals surface area contributed by atoms with E-state index >= 15 is 0 Å². The van der Waals surface area contributed by atoms with Gasteiger partial charge in [-0.25, -0.2) is 19.9 Å². The summed E-state index contributed by atoms with van der Waals surface area (Å²) in [6, 6.07) is 58.7. The van der Waals surface area contributed by atoms with Gasteiger partial charge >= 0.3 is 0 Å². The Hall–Kier alpha value is -7.24. The highest BCUT2D eigenvalue weighted by Gasteiger charge is 2.19. The molecule has 0 aliphatic heterocycles. The van der Waals surface area contributed by atoms with Crippen molar-refractivity contribution in [3.63, 3.8) is 0 Å². The molecule has 0 unspecified atom stereocenters. The van der Waals surface area contributed by atoms with E-state index in [2.05, 4.69) is 115 Å². The van der Waals surface area contributed by atoms with Gasteiger partial charge in [0.25, 0.3) is 0 Å². The van der Waals surface area contributed by atoms with E-state index in [1.807, 2.05) is 54.6 Å². The van der Waals surface area contributed by atoms with E-state index in [-0.39, 0.29) is 0 Å². The molecule has 3 heterocycles. The van der Waals surface area contributed by atoms with Crippen molar-refractivity contribution in [2.45, 2.75) is 0 Å². The van der Waals surface area contributed by atoms with Gasteiger partial charge < -0.3 is 4.42 Å². The molecule has 0 saturated carbocycles. The number of aromatic nitrogens is 4. The Morgan fingerprint density at radius 3 is 1.87 bits per heavy atom. The summed E-state index contributed by atoms with van der Waals surface area (Å²) in [5.41, 5.74) is 7.42. The van der Waals surface area contributed by atoms with Crippen LogP contribution in [0.15, 0.2) is 174 Å². The van der Waals surface area contributed by atoms with Crippen molar-refractivity contribution >= 4 is 65.2 Å². The van der Waals surface area contributed by atoms with Crippen LogP contribution in [0.1, 0.15) is 0 Å². The summed E-state index contributed by atoms with van der Waals surface area (Å²) in [7, 11) is 0. The molecular weight excluding hydrogens is 649 g/mol. The van der Waals surface area contributed by atoms with Gasteiger partial charge in [0.2, 0.25) is 0 Å². The largest absolute Gasteiger partial charge is 0.456 e. The molecule has 0 bridgehead atoms. The molecule has 0 radical (unpaired) electrons. The predicted octanol–water partition coefficient (Wildman–Crippen LogP) is 12.4. The van der Waals surface area contributed by atoms with Gasteiger partial charge in [0, 0.05) is 27.3 Å². The Labute approximate surface area is 303 Å². The van der Waals surface area contributed by atoms with Crippen LogP contribution in [0, 0.1) is 0 Å². The Bertz CT molecular complexity index is 3240. The highest BCUT2D eigenvalue weighted by molar-refractivity contribution is 6.20. The van der Waals surface area contributed by atoms with E-state index in [9.17, 15) is 0 Å². The van der Waals surface area contributed by atoms with Crippen LogP contribution in [0.5, 0.6) is 0 Å². The summed E-state index contributed by atoms with van der Waals surface area (Å²) >= 11 is 0. The minimum atomic E-state index is 0.525. The molecule has 8 aromatic carbocycles. The Morgan fingerprint density at radius 1 is 0.321 bits per heavy atom. The Balaban J connectivity index is 1.12. The van der Waals surface area contributed by atoms with Crippen molar-refractivity contribution in [3.8, 4) is 45.4 Å². The zero-order valence-corrected chi connectivity index (χ0v) is 28.4. The summed E-state index contributed by atoms with van der Waals surface area (Å²) in [4.78, 5) is 20.5. The Kier molecular flexibility index (Phi) is 6.48. The van der Waals surface area contributed by atoms with Crippen LogP contribution < -0.4 is 0 Å². The molecule has 0 saturated heterocycles. The average molecular weight is 677 g/mol. The molecule has 5 nitrogen and oxygen atoms in total. The number of pyridine rings is 1. The normalized spacial score (nSPS) is 11.8. The van der Waals surface area contributed by atoms with E-state index in [1.54, 1.807) is 0 Å². The lowest BCUT2D eigenvalue weighted by Gasteiger charge is -2.14. The summed E-state index contributed by atoms with van der Waals surface area (Å²) < 4.78 is 6.26. The Morgan fingerprint density at radius 2 is 0.981 bits per heavy atom. The van der Waals surface area contributed by atoms with Gasteiger partial charge in [0.1, 0.15) is 16.9 Å². The van der Waals surface area contributed by atoms with Crippen LogP contribution in [0.2, 0.25) is 0 Å². The lowest BCUT2D eigenvalue weighted by molar-refractivity contribution is 0.669. The minimum Gasteiger partial charge on any atom is -0.456 e. The number of rotatable bonds is 4. The predicted molar refractivity (Wildman–Crippen MR) is 217 cm³/mol. The number of hydrogen-bond donors (Lipinski definition) is 0. The molecule has 246 valence electrons. The van der Waals surface area contributed by atoms with Crippen LogP contribution >= 0.6 is 0 Å². The summed E-state index contributed by atoms with van der Waals surface area (Å²) in [6.07, 6.45) is 0. The van der Waals surface area contributed by atoms with Crippen molar-refractivity contribution in [2.75, 3.05) is 0 Å². The van der Waals surface area contributed by atoms with Crippen molar-refractivity contribution in [1.29, 1.82) is 0 Å². The molecule has 0 aliphatic rings. The SMILES string of the molecule is c1ccc(-c2nc(-c3ccc4c(ccc5ccc6ccccc6c54)n3)nc(-c3ccc(-c4cccc5oc6ccccc6c45)c4ccccc34)n2)cc1. The van der Waals surface area contributed by atoms with E-state index < -0.39 is 0 Å². The molecule has 0 N–H and O–H groups in total. The summed E-state index contributed by atoms with van der Waals surface area (Å²) in [5.74, 6) is 1.71. The van der Waals surface area contributed by atoms with E-state index in [0.717, 1.165) is 65.9 Å². The fraction of sp³-hybridized carbons (Fsp3) is 0. The van der Waals surface area contributed by atoms with E-state index in [0.29, 0.717) is 23.2 Å². The van der Waals surface area contributed by atoms with E-state index in [1.165, 1.54) is 21.5 Å². The molecule has 0 spiro atoms. The molecule has 0 fully saturated rings. The third kappa shape index (κ3) is 4.71. The van der Waals surface area contributed by atoms with Gasteiger partial charge in [0.05, 0.1) is 5.52 Å². The molecule has 5 heteroatoms. The van der Waals surface area contributed by atoms with Crippen LogP contribution in [0.4, 0.5) is 0 Å². The molecular formula is C48H28N4O. The van der Waals surface area contributed by atoms with E-state index in [4.69, 9.17) is 24.4 Å². The first-order valence-electron chi connectivity index (χ1n) is 17.7. The van der Waals surface area contributed by atoms with Crippen LogP contribution in [-0.4, -0.2) is 19.9 Å². The number of fused-ring (bicyclic) bond motifs is 9. The van der Waals surface area contributed by atoms with Gasteiger partial charge in [-0.1, -0.05) is 133 Å². The maximum atomic E-state index is 6.26. The van der Waals surface area contributed by atoms with Crippen molar-refractivity contribution in [3.05, 3.63) is 170 Å². The molecule has 0 amide bonds. The first kappa shape index (κ1) is 29.5. The molecule has 11 aromatic rings. The van der Waals surface area contributed by atoms with Gasteiger partial charge in [0.15, 0.2) is 17.5 Å². The number of hydrogen-bond acceptors (Lipinski definition) is 5. The second-order valence-electron chi connectivity index (χ2n) is 13.4. The lowest BCUT2D eigenvalue weighted by Crippen LogP contribution is -2.02. The van der Waals surface area contributed by atoms with Crippen molar-refractivity contribution in [2.24, 2.45) is 0 Å². The maximum Gasteiger partial charge on any atom is 0.182 e. The molecule has 0 aliphatic carbocycles. The smallest absolute Gasteiger partial charge is 0.182 e. The van der Waals surface area contributed by atoms with Gasteiger partial charge in [-0.2, -0.15) is 0 Å². The second kappa shape index (κ2) is 11.7. The monoisotopic (exact) mass is 676 g/mol. The molecule has 11 rings (SSSR count). The van der Waals surface area contributed by atoms with Gasteiger partial charge in [-0.15, -0.1) is 0 Å². The second-order valence-corrected chi connectivity index (χ2v) is 13.4. The zero-order chi connectivity index (χ0) is 34.9. The highest BCUT2D eigenvalue weighted by Crippen LogP contribution is 2.41.